The van der Waals surface area contributed by atoms with Crippen molar-refractivity contribution in [2.75, 3.05) is 19.8 Å². The van der Waals surface area contributed by atoms with E-state index in [2.05, 4.69) is 14.5 Å². The van der Waals surface area contributed by atoms with Crippen LogP contribution in [0.1, 0.15) is 13.8 Å². The Bertz CT molecular complexity index is 294. The highest BCUT2D eigenvalue weighted by atomic mass is 16.6. The fourth-order valence-corrected chi connectivity index (χ4v) is 0.918. The highest BCUT2D eigenvalue weighted by Crippen LogP contribution is 2.01. The number of hydrogen-bond acceptors (Lipinski definition) is 6. The SMILES string of the molecule is CCOC(=O)C(C=NCC(=O)O)C(=O)OCC. The van der Waals surface area contributed by atoms with Gasteiger partial charge in [0.05, 0.1) is 13.2 Å². The van der Waals surface area contributed by atoms with Crippen LogP contribution >= 0.6 is 0 Å². The van der Waals surface area contributed by atoms with Gasteiger partial charge in [0.1, 0.15) is 6.54 Å². The molecule has 0 spiro atoms. The molecular weight excluding hydrogens is 230 g/mol. The minimum Gasteiger partial charge on any atom is -0.480 e. The number of esters is 2. The van der Waals surface area contributed by atoms with E-state index in [1.807, 2.05) is 0 Å². The first-order valence-corrected chi connectivity index (χ1v) is 5.07. The molecule has 0 heterocycles. The van der Waals surface area contributed by atoms with E-state index in [0.29, 0.717) is 0 Å². The second kappa shape index (κ2) is 8.26. The number of carboxylic acid groups (broad SMARTS) is 1. The van der Waals surface area contributed by atoms with Crippen molar-refractivity contribution in [2.24, 2.45) is 10.9 Å². The summed E-state index contributed by atoms with van der Waals surface area (Å²) in [4.78, 5) is 36.4. The van der Waals surface area contributed by atoms with Crippen LogP contribution in [0.4, 0.5) is 0 Å². The average molecular weight is 245 g/mol. The Morgan fingerprint density at radius 2 is 1.65 bits per heavy atom. The van der Waals surface area contributed by atoms with Crippen LogP contribution in [0.5, 0.6) is 0 Å². The van der Waals surface area contributed by atoms with Crippen molar-refractivity contribution in [3.8, 4) is 0 Å². The Morgan fingerprint density at radius 3 is 2.00 bits per heavy atom. The lowest BCUT2D eigenvalue weighted by molar-refractivity contribution is -0.157. The molecule has 0 aliphatic rings. The second-order valence-electron chi connectivity index (χ2n) is 2.87. The van der Waals surface area contributed by atoms with Crippen LogP contribution in [0.3, 0.4) is 0 Å². The number of nitrogens with zero attached hydrogens (tertiary/aromatic N) is 1. The molecular formula is C10H15NO6. The van der Waals surface area contributed by atoms with Crippen LogP contribution in [-0.4, -0.2) is 49.0 Å². The fraction of sp³-hybridized carbons (Fsp3) is 0.600. The van der Waals surface area contributed by atoms with Gasteiger partial charge in [0.2, 0.25) is 0 Å². The van der Waals surface area contributed by atoms with Gasteiger partial charge in [-0.05, 0) is 13.8 Å². The molecule has 7 nitrogen and oxygen atoms in total. The van der Waals surface area contributed by atoms with Gasteiger partial charge in [-0.1, -0.05) is 0 Å². The van der Waals surface area contributed by atoms with E-state index in [1.165, 1.54) is 0 Å². The quantitative estimate of drug-likeness (QED) is 0.381. The van der Waals surface area contributed by atoms with Crippen LogP contribution in [0.25, 0.3) is 0 Å². The van der Waals surface area contributed by atoms with Gasteiger partial charge < -0.3 is 14.6 Å². The smallest absolute Gasteiger partial charge is 0.325 e. The van der Waals surface area contributed by atoms with Crippen LogP contribution < -0.4 is 0 Å². The molecule has 0 aliphatic carbocycles. The highest BCUT2D eigenvalue weighted by Gasteiger charge is 2.27. The number of carbonyl (C=O) groups excluding carboxylic acids is 2. The Labute approximate surface area is 98.4 Å². The molecule has 1 N–H and O–H groups in total. The minimum absolute atomic E-state index is 0.113. The summed E-state index contributed by atoms with van der Waals surface area (Å²) < 4.78 is 9.30. The number of ether oxygens (including phenoxy) is 2. The number of carboxylic acids is 1. The van der Waals surface area contributed by atoms with Crippen LogP contribution in [0, 0.1) is 5.92 Å². The summed E-state index contributed by atoms with van der Waals surface area (Å²) >= 11 is 0. The van der Waals surface area contributed by atoms with Crippen molar-refractivity contribution < 1.29 is 29.0 Å². The molecule has 0 saturated heterocycles. The predicted octanol–water partition coefficient (Wildman–Crippen LogP) is -0.116. The molecule has 0 fully saturated rings. The molecule has 0 amide bonds. The van der Waals surface area contributed by atoms with Gasteiger partial charge in [0.15, 0.2) is 5.92 Å². The molecule has 0 aromatic carbocycles. The molecule has 7 heteroatoms. The summed E-state index contributed by atoms with van der Waals surface area (Å²) in [6, 6.07) is 0. The molecule has 0 aromatic rings. The van der Waals surface area contributed by atoms with E-state index in [-0.39, 0.29) is 13.2 Å². The zero-order valence-electron chi connectivity index (χ0n) is 9.71. The number of hydrogen-bond donors (Lipinski definition) is 1. The molecule has 17 heavy (non-hydrogen) atoms. The number of aliphatic imine (C=N–C) groups is 1. The van der Waals surface area contributed by atoms with Crippen LogP contribution in [-0.2, 0) is 23.9 Å². The summed E-state index contributed by atoms with van der Waals surface area (Å²) in [7, 11) is 0. The van der Waals surface area contributed by atoms with Crippen molar-refractivity contribution in [3.05, 3.63) is 0 Å². The molecule has 0 atom stereocenters. The molecule has 0 rings (SSSR count). The Balaban J connectivity index is 4.60. The molecule has 0 aromatic heterocycles. The van der Waals surface area contributed by atoms with Gasteiger partial charge >= 0.3 is 17.9 Å². The van der Waals surface area contributed by atoms with Crippen molar-refractivity contribution >= 4 is 24.1 Å². The normalized spacial score (nSPS) is 10.5. The summed E-state index contributed by atoms with van der Waals surface area (Å²) in [5, 5.41) is 8.36. The maximum atomic E-state index is 11.4. The van der Waals surface area contributed by atoms with Gasteiger partial charge in [-0.25, -0.2) is 0 Å². The largest absolute Gasteiger partial charge is 0.480 e. The Morgan fingerprint density at radius 1 is 1.18 bits per heavy atom. The van der Waals surface area contributed by atoms with Crippen molar-refractivity contribution in [2.45, 2.75) is 13.8 Å². The van der Waals surface area contributed by atoms with E-state index in [1.54, 1.807) is 13.8 Å². The lowest BCUT2D eigenvalue weighted by atomic mass is 10.2. The molecule has 0 aliphatic heterocycles. The van der Waals surface area contributed by atoms with Crippen molar-refractivity contribution in [1.82, 2.24) is 0 Å². The van der Waals surface area contributed by atoms with Gasteiger partial charge in [0.25, 0.3) is 0 Å². The van der Waals surface area contributed by atoms with E-state index < -0.39 is 30.4 Å². The second-order valence-corrected chi connectivity index (χ2v) is 2.87. The van der Waals surface area contributed by atoms with Gasteiger partial charge in [0, 0.05) is 6.21 Å². The molecule has 0 radical (unpaired) electrons. The first-order valence-electron chi connectivity index (χ1n) is 5.07. The zero-order chi connectivity index (χ0) is 13.3. The topological polar surface area (TPSA) is 102 Å². The predicted molar refractivity (Wildman–Crippen MR) is 57.8 cm³/mol. The summed E-state index contributed by atoms with van der Waals surface area (Å²) in [5.41, 5.74) is 0. The summed E-state index contributed by atoms with van der Waals surface area (Å²) in [5.74, 6) is -4.08. The third kappa shape index (κ3) is 6.29. The maximum Gasteiger partial charge on any atom is 0.325 e. The lowest BCUT2D eigenvalue weighted by Gasteiger charge is -2.09. The van der Waals surface area contributed by atoms with E-state index in [9.17, 15) is 14.4 Å². The molecule has 0 saturated carbocycles. The average Bonchev–Trinajstić information content (AvgIpc) is 2.24. The number of aliphatic carboxylic acids is 1. The van der Waals surface area contributed by atoms with Crippen molar-refractivity contribution in [1.29, 1.82) is 0 Å². The molecule has 0 bridgehead atoms. The standard InChI is InChI=1S/C10H15NO6/c1-3-16-9(14)7(10(15)17-4-2)5-11-6-8(12)13/h5,7H,3-4,6H2,1-2H3,(H,12,13). The van der Waals surface area contributed by atoms with Crippen LogP contribution in [0.2, 0.25) is 0 Å². The first-order chi connectivity index (χ1) is 8.02. The van der Waals surface area contributed by atoms with E-state index in [0.717, 1.165) is 6.21 Å². The Hall–Kier alpha value is -1.92. The van der Waals surface area contributed by atoms with Gasteiger partial charge in [-0.2, -0.15) is 0 Å². The number of rotatable bonds is 7. The number of carbonyl (C=O) groups is 3. The summed E-state index contributed by atoms with van der Waals surface area (Å²) in [6.07, 6.45) is 0.935. The Kier molecular flexibility index (Phi) is 7.32. The first kappa shape index (κ1) is 15.1. The molecule has 0 unspecified atom stereocenters. The zero-order valence-corrected chi connectivity index (χ0v) is 9.71. The van der Waals surface area contributed by atoms with Gasteiger partial charge in [-0.15, -0.1) is 0 Å². The monoisotopic (exact) mass is 245 g/mol. The van der Waals surface area contributed by atoms with E-state index in [4.69, 9.17) is 5.11 Å². The van der Waals surface area contributed by atoms with Crippen molar-refractivity contribution in [3.63, 3.8) is 0 Å². The summed E-state index contributed by atoms with van der Waals surface area (Å²) in [6.45, 7) is 2.89. The lowest BCUT2D eigenvalue weighted by Crippen LogP contribution is -2.29. The highest BCUT2D eigenvalue weighted by molar-refractivity contribution is 6.09. The van der Waals surface area contributed by atoms with E-state index >= 15 is 0 Å². The molecule has 96 valence electrons. The maximum absolute atomic E-state index is 11.4. The van der Waals surface area contributed by atoms with Crippen LogP contribution in [0.15, 0.2) is 4.99 Å². The third-order valence-corrected chi connectivity index (χ3v) is 1.56. The minimum atomic E-state index is -1.31. The third-order valence-electron chi connectivity index (χ3n) is 1.56. The van der Waals surface area contributed by atoms with Gasteiger partial charge in [-0.3, -0.25) is 19.4 Å². The fourth-order valence-electron chi connectivity index (χ4n) is 0.918.